The number of fused-ring (bicyclic) bond motifs is 2. The van der Waals surface area contributed by atoms with Gasteiger partial charge in [0.25, 0.3) is 0 Å². The van der Waals surface area contributed by atoms with E-state index in [4.69, 9.17) is 9.15 Å². The van der Waals surface area contributed by atoms with Crippen molar-refractivity contribution in [2.24, 2.45) is 19.2 Å². The Kier molecular flexibility index (Phi) is 3.94. The summed E-state index contributed by atoms with van der Waals surface area (Å²) in [5.74, 6) is 0.614. The van der Waals surface area contributed by atoms with Crippen LogP contribution in [0, 0.1) is 0 Å². The lowest BCUT2D eigenvalue weighted by Crippen LogP contribution is -2.17. The fourth-order valence-electron chi connectivity index (χ4n) is 5.03. The summed E-state index contributed by atoms with van der Waals surface area (Å²) in [5, 5.41) is 11.5. The third-order valence-electron chi connectivity index (χ3n) is 6.69. The molecule has 6 aromatic rings. The van der Waals surface area contributed by atoms with Crippen LogP contribution in [0.4, 0.5) is 5.69 Å². The molecule has 0 saturated carbocycles. The lowest BCUT2D eigenvalue weighted by Gasteiger charge is -2.13. The van der Waals surface area contributed by atoms with Crippen LogP contribution < -0.4 is 15.4 Å². The third-order valence-corrected chi connectivity index (χ3v) is 6.69. The van der Waals surface area contributed by atoms with Crippen LogP contribution in [-0.4, -0.2) is 43.6 Å². The Bertz CT molecular complexity index is 1900. The predicted octanol–water partition coefficient (Wildman–Crippen LogP) is 3.69. The number of hydrogen-bond donors (Lipinski definition) is 0. The van der Waals surface area contributed by atoms with Gasteiger partial charge < -0.3 is 9.15 Å². The summed E-state index contributed by atoms with van der Waals surface area (Å²) < 4.78 is 17.5. The minimum absolute atomic E-state index is 0.173. The van der Waals surface area contributed by atoms with Crippen LogP contribution in [0.25, 0.3) is 49.7 Å². The molecule has 0 unspecified atom stereocenters. The summed E-state index contributed by atoms with van der Waals surface area (Å²) in [5.41, 5.74) is 6.24. The number of hydrazone groups is 1. The largest absolute Gasteiger partial charge is 0.496 e. The number of pyridine rings is 1. The van der Waals surface area contributed by atoms with E-state index in [1.54, 1.807) is 40.2 Å². The fraction of sp³-hybridized carbons (Fsp3) is 0.200. The first-order valence-electron chi connectivity index (χ1n) is 11.3. The van der Waals surface area contributed by atoms with Gasteiger partial charge in [-0.05, 0) is 18.2 Å². The van der Waals surface area contributed by atoms with Crippen molar-refractivity contribution in [3.63, 3.8) is 0 Å². The molecule has 0 bridgehead atoms. The van der Waals surface area contributed by atoms with E-state index in [9.17, 15) is 4.79 Å². The van der Waals surface area contributed by atoms with Crippen LogP contribution in [-0.2, 0) is 14.1 Å². The number of nitrogens with zero attached hydrogens (tertiary/aromatic N) is 7. The molecular weight excluding hydrogens is 446 g/mol. The van der Waals surface area contributed by atoms with E-state index in [2.05, 4.69) is 15.2 Å². The molecule has 0 amide bonds. The van der Waals surface area contributed by atoms with Gasteiger partial charge in [0.05, 0.1) is 58.2 Å². The van der Waals surface area contributed by atoms with Gasteiger partial charge in [0.1, 0.15) is 5.75 Å². The highest BCUT2D eigenvalue weighted by atomic mass is 16.5. The van der Waals surface area contributed by atoms with Gasteiger partial charge in [-0.15, -0.1) is 0 Å². The van der Waals surface area contributed by atoms with Crippen molar-refractivity contribution in [1.29, 1.82) is 0 Å². The van der Waals surface area contributed by atoms with Crippen molar-refractivity contribution in [2.45, 2.75) is 6.42 Å². The van der Waals surface area contributed by atoms with Crippen LogP contribution >= 0.6 is 0 Å². The minimum atomic E-state index is -0.173. The third kappa shape index (κ3) is 2.64. The van der Waals surface area contributed by atoms with Crippen LogP contribution in [0.3, 0.4) is 0 Å². The molecule has 0 fully saturated rings. The molecule has 5 heterocycles. The van der Waals surface area contributed by atoms with E-state index < -0.39 is 0 Å². The number of anilines is 1. The molecule has 1 aliphatic rings. The first kappa shape index (κ1) is 19.8. The number of ether oxygens (including phenoxy) is 1. The van der Waals surface area contributed by atoms with E-state index in [0.29, 0.717) is 33.5 Å². The van der Waals surface area contributed by atoms with Crippen molar-refractivity contribution in [1.82, 2.24) is 23.7 Å². The fourth-order valence-corrected chi connectivity index (χ4v) is 5.03. The maximum absolute atomic E-state index is 13.6. The van der Waals surface area contributed by atoms with E-state index in [0.717, 1.165) is 40.7 Å². The van der Waals surface area contributed by atoms with Gasteiger partial charge in [-0.1, -0.05) is 0 Å². The highest BCUT2D eigenvalue weighted by Crippen LogP contribution is 2.42. The zero-order chi connectivity index (χ0) is 23.8. The summed E-state index contributed by atoms with van der Waals surface area (Å²) in [6.45, 7) is 0.792. The standard InChI is InChI=1S/C25H21N7O3/c1-29-13-14(11-28-29)21-20(34-3)10-16-22-23-18(12-26-16)30(2)25(33)32(23)17-9-15(31-8-4-7-27-31)5-6-19(17)35-24(21)22/h5-7,9-13H,4,8H2,1-3H3. The smallest absolute Gasteiger partial charge is 0.333 e. The monoisotopic (exact) mass is 467 g/mol. The molecule has 4 aromatic heterocycles. The van der Waals surface area contributed by atoms with Crippen LogP contribution in [0.15, 0.2) is 57.2 Å². The topological polar surface area (TPSA) is 95.1 Å². The number of methoxy groups -OCH3 is 1. The number of rotatable bonds is 3. The van der Waals surface area contributed by atoms with Gasteiger partial charge >= 0.3 is 5.69 Å². The first-order valence-corrected chi connectivity index (χ1v) is 11.3. The van der Waals surface area contributed by atoms with E-state index in [-0.39, 0.29) is 5.69 Å². The lowest BCUT2D eigenvalue weighted by molar-refractivity contribution is 0.416. The van der Waals surface area contributed by atoms with Gasteiger partial charge in [-0.3, -0.25) is 23.6 Å². The molecule has 10 nitrogen and oxygen atoms in total. The Balaban J connectivity index is 1.75. The molecule has 0 spiro atoms. The molecule has 2 aromatic carbocycles. The average Bonchev–Trinajstić information content (AvgIpc) is 3.58. The van der Waals surface area contributed by atoms with Gasteiger partial charge in [0, 0.05) is 51.1 Å². The van der Waals surface area contributed by atoms with Crippen molar-refractivity contribution in [3.05, 3.63) is 53.3 Å². The maximum atomic E-state index is 13.6. The number of benzene rings is 2. The second-order valence-electron chi connectivity index (χ2n) is 8.71. The second kappa shape index (κ2) is 6.95. The minimum Gasteiger partial charge on any atom is -0.496 e. The zero-order valence-corrected chi connectivity index (χ0v) is 19.4. The highest BCUT2D eigenvalue weighted by Gasteiger charge is 2.24. The Morgan fingerprint density at radius 2 is 2.00 bits per heavy atom. The number of imidazole rings is 1. The van der Waals surface area contributed by atoms with Gasteiger partial charge in [0.15, 0.2) is 11.2 Å². The van der Waals surface area contributed by atoms with Crippen molar-refractivity contribution < 1.29 is 9.15 Å². The lowest BCUT2D eigenvalue weighted by atomic mass is 10.0. The normalized spacial score (nSPS) is 13.9. The highest BCUT2D eigenvalue weighted by molar-refractivity contribution is 6.16. The van der Waals surface area contributed by atoms with E-state index in [1.165, 1.54) is 0 Å². The van der Waals surface area contributed by atoms with E-state index >= 15 is 0 Å². The van der Waals surface area contributed by atoms with Crippen LogP contribution in [0.5, 0.6) is 5.75 Å². The molecule has 35 heavy (non-hydrogen) atoms. The molecule has 174 valence electrons. The predicted molar refractivity (Wildman–Crippen MR) is 134 cm³/mol. The number of hydrogen-bond acceptors (Lipinski definition) is 7. The van der Waals surface area contributed by atoms with Crippen LogP contribution in [0.2, 0.25) is 0 Å². The quantitative estimate of drug-likeness (QED) is 0.394. The van der Waals surface area contributed by atoms with Gasteiger partial charge in [0.2, 0.25) is 0 Å². The summed E-state index contributed by atoms with van der Waals surface area (Å²) in [4.78, 5) is 18.3. The average molecular weight is 467 g/mol. The molecule has 1 aliphatic heterocycles. The van der Waals surface area contributed by atoms with Crippen molar-refractivity contribution >= 4 is 50.5 Å². The molecular formula is C25H21N7O3. The van der Waals surface area contributed by atoms with Crippen molar-refractivity contribution in [3.8, 4) is 16.9 Å². The number of aromatic nitrogens is 5. The second-order valence-corrected chi connectivity index (χ2v) is 8.71. The van der Waals surface area contributed by atoms with E-state index in [1.807, 2.05) is 48.7 Å². The Morgan fingerprint density at radius 3 is 2.74 bits per heavy atom. The Hall–Kier alpha value is -4.60. The first-order chi connectivity index (χ1) is 17.0. The van der Waals surface area contributed by atoms with Gasteiger partial charge in [-0.25, -0.2) is 4.79 Å². The SMILES string of the molecule is COc1cc2ncc3c4c2c(oc2ccc(N5CCC=N5)cc2n4c(=O)n3C)c1-c1cnn(C)c1. The maximum Gasteiger partial charge on any atom is 0.333 e. The Morgan fingerprint density at radius 1 is 1.11 bits per heavy atom. The molecule has 0 radical (unpaired) electrons. The molecule has 0 saturated heterocycles. The summed E-state index contributed by atoms with van der Waals surface area (Å²) in [7, 11) is 5.25. The van der Waals surface area contributed by atoms with Crippen molar-refractivity contribution in [2.75, 3.05) is 18.7 Å². The molecule has 10 heteroatoms. The Labute approximate surface area is 198 Å². The summed E-state index contributed by atoms with van der Waals surface area (Å²) in [6, 6.07) is 7.69. The van der Waals surface area contributed by atoms with Crippen LogP contribution in [0.1, 0.15) is 6.42 Å². The summed E-state index contributed by atoms with van der Waals surface area (Å²) >= 11 is 0. The molecule has 0 aliphatic carbocycles. The molecule has 0 N–H and O–H groups in total. The molecule has 7 rings (SSSR count). The summed E-state index contributed by atoms with van der Waals surface area (Å²) in [6.07, 6.45) is 8.19. The number of aryl methyl sites for hydroxylation is 2. The molecule has 0 atom stereocenters. The van der Waals surface area contributed by atoms with Gasteiger partial charge in [-0.2, -0.15) is 10.2 Å². The zero-order valence-electron chi connectivity index (χ0n) is 19.4.